The molecule has 138 valence electrons. The second-order valence-corrected chi connectivity index (χ2v) is 7.54. The number of nitrogens with one attached hydrogen (secondary N) is 1. The summed E-state index contributed by atoms with van der Waals surface area (Å²) in [6, 6.07) is 17.3. The van der Waals surface area contributed by atoms with Gasteiger partial charge < -0.3 is 0 Å². The monoisotopic (exact) mass is 380 g/mol. The van der Waals surface area contributed by atoms with E-state index in [1.54, 1.807) is 18.3 Å². The van der Waals surface area contributed by atoms with E-state index in [0.717, 1.165) is 5.56 Å². The summed E-state index contributed by atoms with van der Waals surface area (Å²) in [5.41, 5.74) is 5.69. The Balaban J connectivity index is 1.76. The number of nitrogens with zero attached hydrogens (tertiary/aromatic N) is 3. The highest BCUT2D eigenvalue weighted by Gasteiger charge is 2.12. The molecule has 0 unspecified atom stereocenters. The van der Waals surface area contributed by atoms with E-state index in [1.165, 1.54) is 16.4 Å². The van der Waals surface area contributed by atoms with E-state index < -0.39 is 5.56 Å². The number of para-hydroxylation sites is 1. The maximum atomic E-state index is 12.4. The second-order valence-electron chi connectivity index (χ2n) is 7.17. The van der Waals surface area contributed by atoms with Crippen molar-refractivity contribution in [1.82, 2.24) is 9.78 Å². The number of hydrogen-bond donors (Lipinski definition) is 1. The molecule has 1 heterocycles. The van der Waals surface area contributed by atoms with E-state index in [-0.39, 0.29) is 10.4 Å². The molecule has 0 aliphatic carbocycles. The predicted octanol–water partition coefficient (Wildman–Crippen LogP) is 4.63. The molecule has 2 aromatic carbocycles. The van der Waals surface area contributed by atoms with Gasteiger partial charge >= 0.3 is 0 Å². The van der Waals surface area contributed by atoms with Crippen LogP contribution in [-0.4, -0.2) is 16.0 Å². The molecule has 3 aromatic rings. The number of anilines is 1. The summed E-state index contributed by atoms with van der Waals surface area (Å²) in [7, 11) is 0. The molecule has 0 aliphatic heterocycles. The van der Waals surface area contributed by atoms with Crippen LogP contribution in [0.3, 0.4) is 0 Å². The van der Waals surface area contributed by atoms with Crippen molar-refractivity contribution >= 4 is 23.5 Å². The summed E-state index contributed by atoms with van der Waals surface area (Å²) in [6.07, 6.45) is 3.16. The third kappa shape index (κ3) is 4.44. The minimum Gasteiger partial charge on any atom is -0.275 e. The van der Waals surface area contributed by atoms with E-state index in [4.69, 9.17) is 11.6 Å². The number of aromatic nitrogens is 2. The summed E-state index contributed by atoms with van der Waals surface area (Å²) >= 11 is 6.19. The smallest absolute Gasteiger partial charge is 0.275 e. The average Bonchev–Trinajstić information content (AvgIpc) is 2.66. The van der Waals surface area contributed by atoms with Crippen LogP contribution < -0.4 is 11.0 Å². The molecular formula is C21H21ClN4O. The Bertz CT molecular complexity index is 1000. The third-order valence-electron chi connectivity index (χ3n) is 4.10. The van der Waals surface area contributed by atoms with Crippen molar-refractivity contribution in [3.05, 3.63) is 87.3 Å². The molecule has 0 fully saturated rings. The van der Waals surface area contributed by atoms with Gasteiger partial charge in [0.1, 0.15) is 10.7 Å². The van der Waals surface area contributed by atoms with E-state index in [2.05, 4.69) is 48.5 Å². The van der Waals surface area contributed by atoms with Crippen LogP contribution in [0.4, 0.5) is 5.69 Å². The minimum atomic E-state index is -0.405. The molecule has 6 heteroatoms. The molecule has 3 rings (SSSR count). The molecule has 0 bridgehead atoms. The first-order valence-electron chi connectivity index (χ1n) is 8.59. The van der Waals surface area contributed by atoms with Crippen molar-refractivity contribution in [2.75, 3.05) is 5.43 Å². The van der Waals surface area contributed by atoms with Crippen molar-refractivity contribution in [3.8, 4) is 5.69 Å². The molecular weight excluding hydrogens is 360 g/mol. The van der Waals surface area contributed by atoms with Crippen LogP contribution in [0.25, 0.3) is 5.69 Å². The van der Waals surface area contributed by atoms with Gasteiger partial charge in [0.25, 0.3) is 5.56 Å². The highest BCUT2D eigenvalue weighted by molar-refractivity contribution is 6.32. The van der Waals surface area contributed by atoms with Crippen LogP contribution in [0.2, 0.25) is 5.02 Å². The molecule has 0 atom stereocenters. The molecule has 1 aromatic heterocycles. The van der Waals surface area contributed by atoms with Gasteiger partial charge in [-0.2, -0.15) is 14.9 Å². The maximum absolute atomic E-state index is 12.4. The Labute approximate surface area is 163 Å². The van der Waals surface area contributed by atoms with Crippen LogP contribution in [0.15, 0.2) is 70.7 Å². The van der Waals surface area contributed by atoms with Gasteiger partial charge in [-0.3, -0.25) is 10.2 Å². The summed E-state index contributed by atoms with van der Waals surface area (Å²) in [5.74, 6) is 0. The SMILES string of the molecule is CC(C)(C)c1ccc(/C=N/Nc2cnn(-c3ccccc3)c(=O)c2Cl)cc1. The third-order valence-corrected chi connectivity index (χ3v) is 4.46. The molecule has 0 amide bonds. The van der Waals surface area contributed by atoms with Crippen LogP contribution >= 0.6 is 11.6 Å². The topological polar surface area (TPSA) is 59.3 Å². The molecule has 5 nitrogen and oxygen atoms in total. The summed E-state index contributed by atoms with van der Waals surface area (Å²) in [5, 5.41) is 8.35. The molecule has 0 radical (unpaired) electrons. The normalized spacial score (nSPS) is 11.7. The first kappa shape index (κ1) is 18.9. The fourth-order valence-electron chi connectivity index (χ4n) is 2.51. The number of hydrogen-bond acceptors (Lipinski definition) is 4. The molecule has 0 saturated carbocycles. The van der Waals surface area contributed by atoms with Gasteiger partial charge in [0, 0.05) is 0 Å². The lowest BCUT2D eigenvalue weighted by Gasteiger charge is -2.18. The lowest BCUT2D eigenvalue weighted by atomic mass is 9.87. The van der Waals surface area contributed by atoms with Crippen molar-refractivity contribution < 1.29 is 0 Å². The van der Waals surface area contributed by atoms with Crippen molar-refractivity contribution in [3.63, 3.8) is 0 Å². The Morgan fingerprint density at radius 2 is 1.74 bits per heavy atom. The summed E-state index contributed by atoms with van der Waals surface area (Å²) in [4.78, 5) is 12.4. The van der Waals surface area contributed by atoms with Crippen molar-refractivity contribution in [2.45, 2.75) is 26.2 Å². The van der Waals surface area contributed by atoms with E-state index in [9.17, 15) is 4.79 Å². The van der Waals surface area contributed by atoms with Crippen LogP contribution in [0, 0.1) is 0 Å². The quantitative estimate of drug-likeness (QED) is 0.530. The molecule has 0 aliphatic rings. The van der Waals surface area contributed by atoms with E-state index in [1.807, 2.05) is 30.3 Å². The fourth-order valence-corrected chi connectivity index (χ4v) is 2.68. The Morgan fingerprint density at radius 1 is 1.07 bits per heavy atom. The standard InChI is InChI=1S/C21H21ClN4O/c1-21(2,3)16-11-9-15(10-12-16)13-23-25-18-14-24-26(20(27)19(18)22)17-7-5-4-6-8-17/h4-14,25H,1-3H3/b23-13+. The van der Waals surface area contributed by atoms with Gasteiger partial charge in [-0.05, 0) is 28.7 Å². The number of rotatable bonds is 4. The second kappa shape index (κ2) is 7.76. The lowest BCUT2D eigenvalue weighted by molar-refractivity contribution is 0.590. The number of halogens is 1. The summed E-state index contributed by atoms with van der Waals surface area (Å²) in [6.45, 7) is 6.51. The highest BCUT2D eigenvalue weighted by atomic mass is 35.5. The summed E-state index contributed by atoms with van der Waals surface area (Å²) < 4.78 is 1.25. The maximum Gasteiger partial charge on any atom is 0.292 e. The van der Waals surface area contributed by atoms with Crippen LogP contribution in [0.5, 0.6) is 0 Å². The van der Waals surface area contributed by atoms with Gasteiger partial charge in [-0.15, -0.1) is 0 Å². The molecule has 27 heavy (non-hydrogen) atoms. The zero-order chi connectivity index (χ0) is 19.4. The zero-order valence-corrected chi connectivity index (χ0v) is 16.2. The van der Waals surface area contributed by atoms with Gasteiger partial charge in [0.2, 0.25) is 0 Å². The predicted molar refractivity (Wildman–Crippen MR) is 111 cm³/mol. The van der Waals surface area contributed by atoms with E-state index in [0.29, 0.717) is 11.4 Å². The fraction of sp³-hybridized carbons (Fsp3) is 0.190. The number of hydrazone groups is 1. The van der Waals surface area contributed by atoms with Crippen LogP contribution in [-0.2, 0) is 5.41 Å². The van der Waals surface area contributed by atoms with Gasteiger partial charge in [-0.25, -0.2) is 0 Å². The zero-order valence-electron chi connectivity index (χ0n) is 15.5. The lowest BCUT2D eigenvalue weighted by Crippen LogP contribution is -2.22. The Kier molecular flexibility index (Phi) is 5.42. The van der Waals surface area contributed by atoms with Gasteiger partial charge in [0.15, 0.2) is 0 Å². The Morgan fingerprint density at radius 3 is 2.37 bits per heavy atom. The van der Waals surface area contributed by atoms with Gasteiger partial charge in [0.05, 0.1) is 18.1 Å². The average molecular weight is 381 g/mol. The van der Waals surface area contributed by atoms with Crippen molar-refractivity contribution in [2.24, 2.45) is 5.10 Å². The Hall–Kier alpha value is -2.92. The molecule has 0 saturated heterocycles. The van der Waals surface area contributed by atoms with Gasteiger partial charge in [-0.1, -0.05) is 74.8 Å². The van der Waals surface area contributed by atoms with E-state index >= 15 is 0 Å². The van der Waals surface area contributed by atoms with Crippen LogP contribution in [0.1, 0.15) is 31.9 Å². The molecule has 0 spiro atoms. The number of benzene rings is 2. The highest BCUT2D eigenvalue weighted by Crippen LogP contribution is 2.22. The van der Waals surface area contributed by atoms with Crippen molar-refractivity contribution in [1.29, 1.82) is 0 Å². The first-order valence-corrected chi connectivity index (χ1v) is 8.97. The first-order chi connectivity index (χ1) is 12.9. The minimum absolute atomic E-state index is 0.0362. The molecule has 1 N–H and O–H groups in total. The largest absolute Gasteiger partial charge is 0.292 e.